The van der Waals surface area contributed by atoms with Crippen molar-refractivity contribution in [3.8, 4) is 17.3 Å². The minimum Gasteiger partial charge on any atom is -0.492 e. The van der Waals surface area contributed by atoms with Crippen molar-refractivity contribution in [2.45, 2.75) is 0 Å². The molecule has 0 saturated heterocycles. The van der Waals surface area contributed by atoms with Gasteiger partial charge in [0.1, 0.15) is 5.82 Å². The fraction of sp³-hybridized carbons (Fsp3) is 0. The zero-order valence-corrected chi connectivity index (χ0v) is 10.6. The fourth-order valence-corrected chi connectivity index (χ4v) is 1.99. The Morgan fingerprint density at radius 1 is 0.950 bits per heavy atom. The zero-order valence-electron chi connectivity index (χ0n) is 10.6. The Bertz CT molecular complexity index is 734. The van der Waals surface area contributed by atoms with Crippen molar-refractivity contribution < 1.29 is 9.90 Å². The standard InChI is InChI=1S/C16H12N2O2/c19-14(11-7-3-1-4-8-11)13-16(20)18-15(17-13)12-9-5-2-6-10-12/h1-10,20H,(H,17,18). The van der Waals surface area contributed by atoms with Crippen molar-refractivity contribution in [2.24, 2.45) is 0 Å². The molecule has 2 N–H and O–H groups in total. The highest BCUT2D eigenvalue weighted by atomic mass is 16.3. The highest BCUT2D eigenvalue weighted by Gasteiger charge is 2.18. The Labute approximate surface area is 115 Å². The maximum absolute atomic E-state index is 12.3. The third-order valence-electron chi connectivity index (χ3n) is 2.99. The molecule has 20 heavy (non-hydrogen) atoms. The summed E-state index contributed by atoms with van der Waals surface area (Å²) in [6, 6.07) is 18.1. The van der Waals surface area contributed by atoms with E-state index in [1.807, 2.05) is 36.4 Å². The van der Waals surface area contributed by atoms with Crippen LogP contribution in [-0.4, -0.2) is 20.9 Å². The molecular formula is C16H12N2O2. The zero-order chi connectivity index (χ0) is 13.9. The maximum atomic E-state index is 12.3. The number of ketones is 1. The Hall–Kier alpha value is -2.88. The SMILES string of the molecule is O=C(c1ccccc1)c1[nH]c(-c2ccccc2)nc1O. The largest absolute Gasteiger partial charge is 0.492 e. The van der Waals surface area contributed by atoms with E-state index < -0.39 is 0 Å². The van der Waals surface area contributed by atoms with Crippen LogP contribution in [-0.2, 0) is 0 Å². The van der Waals surface area contributed by atoms with Gasteiger partial charge in [-0.2, -0.15) is 4.98 Å². The third-order valence-corrected chi connectivity index (χ3v) is 2.99. The van der Waals surface area contributed by atoms with Crippen LogP contribution < -0.4 is 0 Å². The second-order valence-electron chi connectivity index (χ2n) is 4.35. The summed E-state index contributed by atoms with van der Waals surface area (Å²) in [7, 11) is 0. The molecule has 1 aromatic heterocycles. The molecule has 4 heteroatoms. The average Bonchev–Trinajstić information content (AvgIpc) is 2.90. The summed E-state index contributed by atoms with van der Waals surface area (Å²) in [4.78, 5) is 19.2. The maximum Gasteiger partial charge on any atom is 0.241 e. The van der Waals surface area contributed by atoms with E-state index in [9.17, 15) is 9.90 Å². The Balaban J connectivity index is 2.00. The van der Waals surface area contributed by atoms with Gasteiger partial charge in [-0.15, -0.1) is 0 Å². The second kappa shape index (κ2) is 5.01. The number of nitrogens with one attached hydrogen (secondary N) is 1. The lowest BCUT2D eigenvalue weighted by molar-refractivity contribution is 0.103. The summed E-state index contributed by atoms with van der Waals surface area (Å²) in [6.45, 7) is 0. The van der Waals surface area contributed by atoms with Gasteiger partial charge in [-0.1, -0.05) is 60.7 Å². The van der Waals surface area contributed by atoms with Crippen LogP contribution in [0.3, 0.4) is 0 Å². The molecule has 3 rings (SSSR count). The number of aromatic amines is 1. The first-order valence-electron chi connectivity index (χ1n) is 6.20. The van der Waals surface area contributed by atoms with E-state index in [0.717, 1.165) is 5.56 Å². The predicted molar refractivity (Wildman–Crippen MR) is 75.6 cm³/mol. The molecule has 3 aromatic rings. The highest BCUT2D eigenvalue weighted by Crippen LogP contribution is 2.23. The lowest BCUT2D eigenvalue weighted by Gasteiger charge is -1.98. The molecule has 0 bridgehead atoms. The van der Waals surface area contributed by atoms with Crippen molar-refractivity contribution in [2.75, 3.05) is 0 Å². The van der Waals surface area contributed by atoms with E-state index in [2.05, 4.69) is 9.97 Å². The smallest absolute Gasteiger partial charge is 0.241 e. The third kappa shape index (κ3) is 2.19. The van der Waals surface area contributed by atoms with Gasteiger partial charge < -0.3 is 10.1 Å². The van der Waals surface area contributed by atoms with E-state index in [0.29, 0.717) is 11.4 Å². The topological polar surface area (TPSA) is 66.0 Å². The van der Waals surface area contributed by atoms with Crippen LogP contribution in [0.15, 0.2) is 60.7 Å². The van der Waals surface area contributed by atoms with E-state index in [1.54, 1.807) is 24.3 Å². The van der Waals surface area contributed by atoms with Crippen LogP contribution in [0.4, 0.5) is 0 Å². The van der Waals surface area contributed by atoms with Crippen molar-refractivity contribution >= 4 is 5.78 Å². The monoisotopic (exact) mass is 264 g/mol. The molecule has 0 aliphatic carbocycles. The molecule has 0 amide bonds. The molecule has 0 aliphatic heterocycles. The first-order valence-corrected chi connectivity index (χ1v) is 6.20. The summed E-state index contributed by atoms with van der Waals surface area (Å²) in [6.07, 6.45) is 0. The van der Waals surface area contributed by atoms with Gasteiger partial charge in [-0.05, 0) is 0 Å². The van der Waals surface area contributed by atoms with Crippen molar-refractivity contribution in [3.63, 3.8) is 0 Å². The normalized spacial score (nSPS) is 10.4. The van der Waals surface area contributed by atoms with Gasteiger partial charge in [0, 0.05) is 11.1 Å². The number of benzene rings is 2. The van der Waals surface area contributed by atoms with Crippen LogP contribution in [0.2, 0.25) is 0 Å². The summed E-state index contributed by atoms with van der Waals surface area (Å²) in [5, 5.41) is 9.86. The van der Waals surface area contributed by atoms with Crippen molar-refractivity contribution in [1.82, 2.24) is 9.97 Å². The van der Waals surface area contributed by atoms with Gasteiger partial charge in [0.2, 0.25) is 11.7 Å². The van der Waals surface area contributed by atoms with E-state index in [1.165, 1.54) is 0 Å². The van der Waals surface area contributed by atoms with E-state index in [-0.39, 0.29) is 17.4 Å². The van der Waals surface area contributed by atoms with Gasteiger partial charge in [0.25, 0.3) is 0 Å². The molecule has 0 unspecified atom stereocenters. The number of hydrogen-bond acceptors (Lipinski definition) is 3. The first kappa shape index (κ1) is 12.2. The number of H-pyrrole nitrogens is 1. The van der Waals surface area contributed by atoms with Crippen LogP contribution in [0.25, 0.3) is 11.4 Å². The number of carbonyl (C=O) groups excluding carboxylic acids is 1. The van der Waals surface area contributed by atoms with Gasteiger partial charge in [-0.3, -0.25) is 4.79 Å². The number of hydrogen-bond donors (Lipinski definition) is 2. The van der Waals surface area contributed by atoms with Gasteiger partial charge >= 0.3 is 0 Å². The van der Waals surface area contributed by atoms with E-state index in [4.69, 9.17) is 0 Å². The minimum absolute atomic E-state index is 0.107. The van der Waals surface area contributed by atoms with Crippen molar-refractivity contribution in [3.05, 3.63) is 71.9 Å². The minimum atomic E-state index is -0.280. The quantitative estimate of drug-likeness (QED) is 0.715. The van der Waals surface area contributed by atoms with Gasteiger partial charge in [0.05, 0.1) is 0 Å². The number of carbonyl (C=O) groups is 1. The molecular weight excluding hydrogens is 252 g/mol. The molecule has 0 aliphatic rings. The number of aromatic hydroxyl groups is 1. The van der Waals surface area contributed by atoms with Crippen molar-refractivity contribution in [1.29, 1.82) is 0 Å². The Morgan fingerprint density at radius 2 is 1.55 bits per heavy atom. The summed E-state index contributed by atoms with van der Waals surface area (Å²) in [5.74, 6) is -0.0853. The van der Waals surface area contributed by atoms with Crippen LogP contribution in [0.1, 0.15) is 16.1 Å². The average molecular weight is 264 g/mol. The number of aromatic nitrogens is 2. The fourth-order valence-electron chi connectivity index (χ4n) is 1.99. The van der Waals surface area contributed by atoms with Crippen LogP contribution >= 0.6 is 0 Å². The molecule has 98 valence electrons. The number of imidazole rings is 1. The van der Waals surface area contributed by atoms with Gasteiger partial charge in [-0.25, -0.2) is 0 Å². The summed E-state index contributed by atoms with van der Waals surface area (Å²) >= 11 is 0. The van der Waals surface area contributed by atoms with Crippen LogP contribution in [0, 0.1) is 0 Å². The number of nitrogens with zero attached hydrogens (tertiary/aromatic N) is 1. The molecule has 0 saturated carbocycles. The van der Waals surface area contributed by atoms with Gasteiger partial charge in [0.15, 0.2) is 5.69 Å². The highest BCUT2D eigenvalue weighted by molar-refractivity contribution is 6.09. The first-order chi connectivity index (χ1) is 9.75. The Kier molecular flexibility index (Phi) is 3.05. The molecule has 2 aromatic carbocycles. The summed E-state index contributed by atoms with van der Waals surface area (Å²) in [5.41, 5.74) is 1.43. The van der Waals surface area contributed by atoms with E-state index >= 15 is 0 Å². The van der Waals surface area contributed by atoms with Crippen LogP contribution in [0.5, 0.6) is 5.88 Å². The Morgan fingerprint density at radius 3 is 2.20 bits per heavy atom. The molecule has 0 spiro atoms. The lowest BCUT2D eigenvalue weighted by atomic mass is 10.1. The molecule has 0 atom stereocenters. The summed E-state index contributed by atoms with van der Waals surface area (Å²) < 4.78 is 0. The number of rotatable bonds is 3. The lowest BCUT2D eigenvalue weighted by Crippen LogP contribution is -2.01. The molecule has 4 nitrogen and oxygen atoms in total. The molecule has 0 fully saturated rings. The predicted octanol–water partition coefficient (Wildman–Crippen LogP) is 3.01. The molecule has 0 radical (unpaired) electrons. The molecule has 1 heterocycles. The second-order valence-corrected chi connectivity index (χ2v) is 4.35.